The van der Waals surface area contributed by atoms with Crippen LogP contribution in [0.1, 0.15) is 18.9 Å². The molecule has 92 valence electrons. The number of nitrogens with zero attached hydrogens (tertiary/aromatic N) is 1. The summed E-state index contributed by atoms with van der Waals surface area (Å²) in [5, 5.41) is 8.48. The predicted molar refractivity (Wildman–Crippen MR) is 62.4 cm³/mol. The molecule has 0 spiro atoms. The van der Waals surface area contributed by atoms with E-state index >= 15 is 0 Å². The molecule has 1 unspecified atom stereocenters. The van der Waals surface area contributed by atoms with Gasteiger partial charge in [-0.15, -0.1) is 0 Å². The molecule has 0 bridgehead atoms. The van der Waals surface area contributed by atoms with E-state index in [-0.39, 0.29) is 12.7 Å². The molecule has 0 aliphatic rings. The second-order valence-electron chi connectivity index (χ2n) is 3.67. The zero-order chi connectivity index (χ0) is 12.5. The molecule has 0 fully saturated rings. The average molecular weight is 237 g/mol. The van der Waals surface area contributed by atoms with Gasteiger partial charge in [0.25, 0.3) is 0 Å². The number of hydrogen-bond donors (Lipinski definition) is 0. The topological polar surface area (TPSA) is 42.2 Å². The summed E-state index contributed by atoms with van der Waals surface area (Å²) in [4.78, 5) is 0. The Labute approximate surface area is 101 Å². The minimum absolute atomic E-state index is 0.0672. The first-order chi connectivity index (χ1) is 8.26. The van der Waals surface area contributed by atoms with Gasteiger partial charge in [0.1, 0.15) is 19.0 Å². The van der Waals surface area contributed by atoms with Crippen LogP contribution in [0.15, 0.2) is 24.3 Å². The van der Waals surface area contributed by atoms with Crippen molar-refractivity contribution >= 4 is 0 Å². The van der Waals surface area contributed by atoms with Gasteiger partial charge in [-0.2, -0.15) is 5.26 Å². The molecule has 0 aromatic heterocycles. The van der Waals surface area contributed by atoms with Crippen molar-refractivity contribution < 1.29 is 13.9 Å². The van der Waals surface area contributed by atoms with E-state index in [1.165, 1.54) is 0 Å². The minimum Gasteiger partial charge on any atom is -0.491 e. The van der Waals surface area contributed by atoms with E-state index in [9.17, 15) is 4.39 Å². The lowest BCUT2D eigenvalue weighted by molar-refractivity contribution is 0.0563. The van der Waals surface area contributed by atoms with Crippen LogP contribution in [-0.2, 0) is 11.3 Å². The third kappa shape index (κ3) is 5.32. The molecular formula is C13H16FNO2. The lowest BCUT2D eigenvalue weighted by Gasteiger charge is -2.10. The van der Waals surface area contributed by atoms with E-state index in [1.54, 1.807) is 12.1 Å². The maximum absolute atomic E-state index is 11.9. The van der Waals surface area contributed by atoms with Crippen molar-refractivity contribution in [2.45, 2.75) is 26.1 Å². The number of benzene rings is 1. The Morgan fingerprint density at radius 1 is 1.35 bits per heavy atom. The zero-order valence-corrected chi connectivity index (χ0v) is 9.86. The lowest BCUT2D eigenvalue weighted by Crippen LogP contribution is -2.06. The van der Waals surface area contributed by atoms with Crippen molar-refractivity contribution in [3.63, 3.8) is 0 Å². The third-order valence-electron chi connectivity index (χ3n) is 2.18. The van der Waals surface area contributed by atoms with E-state index in [0.717, 1.165) is 5.56 Å². The Hall–Kier alpha value is -1.60. The third-order valence-corrected chi connectivity index (χ3v) is 2.18. The summed E-state index contributed by atoms with van der Waals surface area (Å²) in [5.41, 5.74) is 1.00. The molecular weight excluding hydrogens is 221 g/mol. The van der Waals surface area contributed by atoms with Gasteiger partial charge < -0.3 is 9.47 Å². The molecule has 0 saturated heterocycles. The predicted octanol–water partition coefficient (Wildman–Crippen LogP) is 2.85. The molecule has 0 heterocycles. The van der Waals surface area contributed by atoms with Crippen LogP contribution in [0.25, 0.3) is 0 Å². The number of hydrogen-bond acceptors (Lipinski definition) is 3. The van der Waals surface area contributed by atoms with Crippen LogP contribution in [0.5, 0.6) is 5.75 Å². The fourth-order valence-electron chi connectivity index (χ4n) is 1.26. The van der Waals surface area contributed by atoms with E-state index in [4.69, 9.17) is 14.7 Å². The van der Waals surface area contributed by atoms with E-state index in [1.807, 2.05) is 19.1 Å². The highest BCUT2D eigenvalue weighted by Crippen LogP contribution is 2.13. The molecule has 0 amide bonds. The molecule has 0 radical (unpaired) electrons. The van der Waals surface area contributed by atoms with Crippen molar-refractivity contribution in [3.05, 3.63) is 29.8 Å². The highest BCUT2D eigenvalue weighted by molar-refractivity contribution is 5.26. The first kappa shape index (κ1) is 13.5. The summed E-state index contributed by atoms with van der Waals surface area (Å²) >= 11 is 0. The van der Waals surface area contributed by atoms with Gasteiger partial charge in [-0.1, -0.05) is 12.1 Å². The Morgan fingerprint density at radius 3 is 2.65 bits per heavy atom. The summed E-state index contributed by atoms with van der Waals surface area (Å²) in [6, 6.07) is 9.35. The van der Waals surface area contributed by atoms with Crippen LogP contribution in [0.3, 0.4) is 0 Å². The Kier molecular flexibility index (Phi) is 6.05. The maximum atomic E-state index is 11.9. The molecule has 1 aromatic carbocycles. The monoisotopic (exact) mass is 237 g/mol. The first-order valence-corrected chi connectivity index (χ1v) is 5.52. The van der Waals surface area contributed by atoms with E-state index in [0.29, 0.717) is 18.8 Å². The van der Waals surface area contributed by atoms with Gasteiger partial charge in [-0.3, -0.25) is 0 Å². The number of ether oxygens (including phenoxy) is 2. The number of nitriles is 1. The fraction of sp³-hybridized carbons (Fsp3) is 0.462. The Morgan fingerprint density at radius 2 is 2.06 bits per heavy atom. The van der Waals surface area contributed by atoms with Crippen molar-refractivity contribution in [3.8, 4) is 11.8 Å². The number of alkyl halides is 1. The molecule has 0 N–H and O–H groups in total. The van der Waals surface area contributed by atoms with Gasteiger partial charge >= 0.3 is 0 Å². The van der Waals surface area contributed by atoms with Crippen LogP contribution in [0.2, 0.25) is 0 Å². The normalized spacial score (nSPS) is 11.8. The summed E-state index contributed by atoms with van der Waals surface area (Å²) in [6.07, 6.45) is 0.319. The maximum Gasteiger partial charge on any atom is 0.123 e. The van der Waals surface area contributed by atoms with Crippen LogP contribution >= 0.6 is 0 Å². The second kappa shape index (κ2) is 7.64. The van der Waals surface area contributed by atoms with Gasteiger partial charge in [0, 0.05) is 0 Å². The largest absolute Gasteiger partial charge is 0.491 e. The summed E-state index contributed by atoms with van der Waals surface area (Å²) in [5.74, 6) is 0.650. The summed E-state index contributed by atoms with van der Waals surface area (Å²) in [6.45, 7) is 1.92. The molecule has 1 aromatic rings. The summed E-state index contributed by atoms with van der Waals surface area (Å²) < 4.78 is 22.5. The van der Waals surface area contributed by atoms with Crippen molar-refractivity contribution in [1.82, 2.24) is 0 Å². The molecule has 1 atom stereocenters. The quantitative estimate of drug-likeness (QED) is 0.732. The van der Waals surface area contributed by atoms with Gasteiger partial charge in [0.15, 0.2) is 0 Å². The number of rotatable bonds is 7. The van der Waals surface area contributed by atoms with Crippen LogP contribution < -0.4 is 4.74 Å². The highest BCUT2D eigenvalue weighted by atomic mass is 19.1. The fourth-order valence-corrected chi connectivity index (χ4v) is 1.26. The molecule has 0 aliphatic carbocycles. The Bertz CT molecular complexity index is 359. The zero-order valence-electron chi connectivity index (χ0n) is 9.86. The second-order valence-corrected chi connectivity index (χ2v) is 3.67. The standard InChI is InChI=1S/C13H16FNO2/c1-11(6-8-15)17-10-12-2-4-13(5-3-12)16-9-7-14/h2-5,11H,6-7,9-10H2,1H3. The number of halogens is 1. The van der Waals surface area contributed by atoms with Crippen molar-refractivity contribution in [2.24, 2.45) is 0 Å². The summed E-state index contributed by atoms with van der Waals surface area (Å²) in [7, 11) is 0. The highest BCUT2D eigenvalue weighted by Gasteiger charge is 2.02. The van der Waals surface area contributed by atoms with Crippen molar-refractivity contribution in [2.75, 3.05) is 13.3 Å². The molecule has 3 nitrogen and oxygen atoms in total. The smallest absolute Gasteiger partial charge is 0.123 e. The van der Waals surface area contributed by atoms with E-state index in [2.05, 4.69) is 6.07 Å². The van der Waals surface area contributed by atoms with Gasteiger partial charge in [-0.25, -0.2) is 4.39 Å². The molecule has 1 rings (SSSR count). The van der Waals surface area contributed by atoms with Gasteiger partial charge in [0.05, 0.1) is 25.2 Å². The van der Waals surface area contributed by atoms with Crippen molar-refractivity contribution in [1.29, 1.82) is 5.26 Å². The molecule has 17 heavy (non-hydrogen) atoms. The van der Waals surface area contributed by atoms with Crippen LogP contribution in [0.4, 0.5) is 4.39 Å². The first-order valence-electron chi connectivity index (χ1n) is 5.52. The lowest BCUT2D eigenvalue weighted by atomic mass is 10.2. The van der Waals surface area contributed by atoms with Gasteiger partial charge in [0.2, 0.25) is 0 Å². The SMILES string of the molecule is CC(CC#N)OCc1ccc(OCCF)cc1. The van der Waals surface area contributed by atoms with Gasteiger partial charge in [-0.05, 0) is 24.6 Å². The molecule has 4 heteroatoms. The molecule has 0 aliphatic heterocycles. The van der Waals surface area contributed by atoms with Crippen LogP contribution in [0, 0.1) is 11.3 Å². The van der Waals surface area contributed by atoms with E-state index < -0.39 is 6.67 Å². The minimum atomic E-state index is -0.490. The Balaban J connectivity index is 2.37. The average Bonchev–Trinajstić information content (AvgIpc) is 2.35. The molecule has 0 saturated carbocycles. The van der Waals surface area contributed by atoms with Crippen LogP contribution in [-0.4, -0.2) is 19.4 Å².